The SMILES string of the molecule is CCC(=O)c1cc(C)ccc1OCCN(C)C. The summed E-state index contributed by atoms with van der Waals surface area (Å²) >= 11 is 0. The highest BCUT2D eigenvalue weighted by Crippen LogP contribution is 2.21. The quantitative estimate of drug-likeness (QED) is 0.710. The minimum atomic E-state index is 0.133. The van der Waals surface area contributed by atoms with Crippen molar-refractivity contribution in [1.29, 1.82) is 0 Å². The van der Waals surface area contributed by atoms with Crippen molar-refractivity contribution in [1.82, 2.24) is 4.90 Å². The van der Waals surface area contributed by atoms with Crippen LogP contribution in [0.4, 0.5) is 0 Å². The van der Waals surface area contributed by atoms with Crippen LogP contribution in [0.15, 0.2) is 18.2 Å². The molecule has 0 bridgehead atoms. The first-order valence-electron chi connectivity index (χ1n) is 5.96. The first-order chi connectivity index (χ1) is 8.04. The van der Waals surface area contributed by atoms with Crippen LogP contribution < -0.4 is 4.74 Å². The summed E-state index contributed by atoms with van der Waals surface area (Å²) in [6, 6.07) is 5.75. The number of ketones is 1. The van der Waals surface area contributed by atoms with E-state index >= 15 is 0 Å². The van der Waals surface area contributed by atoms with Gasteiger partial charge in [0.1, 0.15) is 12.4 Å². The number of hydrogen-bond donors (Lipinski definition) is 0. The molecule has 1 aromatic carbocycles. The molecule has 0 N–H and O–H groups in total. The number of aryl methyl sites for hydroxylation is 1. The van der Waals surface area contributed by atoms with E-state index in [0.29, 0.717) is 24.3 Å². The molecule has 17 heavy (non-hydrogen) atoms. The van der Waals surface area contributed by atoms with Crippen molar-refractivity contribution >= 4 is 5.78 Å². The van der Waals surface area contributed by atoms with E-state index in [9.17, 15) is 4.79 Å². The highest BCUT2D eigenvalue weighted by atomic mass is 16.5. The number of carbonyl (C=O) groups excluding carboxylic acids is 1. The summed E-state index contributed by atoms with van der Waals surface area (Å²) in [5, 5.41) is 0. The van der Waals surface area contributed by atoms with Crippen molar-refractivity contribution in [2.45, 2.75) is 20.3 Å². The second-order valence-corrected chi connectivity index (χ2v) is 4.43. The molecule has 0 saturated heterocycles. The summed E-state index contributed by atoms with van der Waals surface area (Å²) in [5.41, 5.74) is 1.79. The van der Waals surface area contributed by atoms with Gasteiger partial charge in [-0.3, -0.25) is 4.79 Å². The number of Topliss-reactive ketones (excluding diaryl/α,β-unsaturated/α-hetero) is 1. The van der Waals surface area contributed by atoms with Gasteiger partial charge in [-0.05, 0) is 33.2 Å². The van der Waals surface area contributed by atoms with Gasteiger partial charge in [-0.1, -0.05) is 18.6 Å². The van der Waals surface area contributed by atoms with E-state index in [1.807, 2.05) is 46.1 Å². The Morgan fingerprint density at radius 3 is 2.65 bits per heavy atom. The lowest BCUT2D eigenvalue weighted by Crippen LogP contribution is -2.20. The molecule has 1 rings (SSSR count). The predicted octanol–water partition coefficient (Wildman–Crippen LogP) is 2.53. The molecule has 0 radical (unpaired) electrons. The Bertz CT molecular complexity index is 386. The van der Waals surface area contributed by atoms with Crippen LogP contribution in [0.25, 0.3) is 0 Å². The average Bonchev–Trinajstić information content (AvgIpc) is 2.29. The van der Waals surface area contributed by atoms with E-state index in [-0.39, 0.29) is 5.78 Å². The van der Waals surface area contributed by atoms with Crippen molar-refractivity contribution in [3.05, 3.63) is 29.3 Å². The molecule has 0 atom stereocenters. The van der Waals surface area contributed by atoms with E-state index in [0.717, 1.165) is 12.1 Å². The third kappa shape index (κ3) is 4.19. The lowest BCUT2D eigenvalue weighted by Gasteiger charge is -2.13. The number of hydrogen-bond acceptors (Lipinski definition) is 3. The number of carbonyl (C=O) groups is 1. The molecule has 0 aliphatic rings. The highest BCUT2D eigenvalue weighted by Gasteiger charge is 2.11. The first kappa shape index (κ1) is 13.7. The molecule has 0 amide bonds. The smallest absolute Gasteiger partial charge is 0.166 e. The largest absolute Gasteiger partial charge is 0.491 e. The molecule has 94 valence electrons. The molecule has 3 heteroatoms. The van der Waals surface area contributed by atoms with Crippen LogP contribution in [0.5, 0.6) is 5.75 Å². The average molecular weight is 235 g/mol. The standard InChI is InChI=1S/C14H21NO2/c1-5-13(16)12-10-11(2)6-7-14(12)17-9-8-15(3)4/h6-7,10H,5,8-9H2,1-4H3. The zero-order chi connectivity index (χ0) is 12.8. The molecule has 0 heterocycles. The molecule has 0 aliphatic heterocycles. The Kier molecular flexibility index (Phi) is 5.16. The van der Waals surface area contributed by atoms with Crippen molar-refractivity contribution in [3.8, 4) is 5.75 Å². The van der Waals surface area contributed by atoms with Crippen LogP contribution in [-0.4, -0.2) is 37.9 Å². The Balaban J connectivity index is 2.79. The van der Waals surface area contributed by atoms with Crippen molar-refractivity contribution in [2.24, 2.45) is 0 Å². The predicted molar refractivity (Wildman–Crippen MR) is 69.8 cm³/mol. The van der Waals surface area contributed by atoms with Crippen LogP contribution >= 0.6 is 0 Å². The van der Waals surface area contributed by atoms with E-state index in [1.165, 1.54) is 0 Å². The van der Waals surface area contributed by atoms with Crippen molar-refractivity contribution < 1.29 is 9.53 Å². The third-order valence-electron chi connectivity index (χ3n) is 2.55. The van der Waals surface area contributed by atoms with Crippen LogP contribution in [0, 0.1) is 6.92 Å². The van der Waals surface area contributed by atoms with Gasteiger partial charge in [0, 0.05) is 13.0 Å². The van der Waals surface area contributed by atoms with Crippen LogP contribution in [0.3, 0.4) is 0 Å². The molecule has 3 nitrogen and oxygen atoms in total. The second-order valence-electron chi connectivity index (χ2n) is 4.43. The number of benzene rings is 1. The summed E-state index contributed by atoms with van der Waals surface area (Å²) in [5.74, 6) is 0.831. The van der Waals surface area contributed by atoms with Crippen molar-refractivity contribution in [2.75, 3.05) is 27.2 Å². The Hall–Kier alpha value is -1.35. The summed E-state index contributed by atoms with van der Waals surface area (Å²) in [6.07, 6.45) is 0.507. The molecule has 0 spiro atoms. The van der Waals surface area contributed by atoms with Gasteiger partial charge in [-0.15, -0.1) is 0 Å². The molecule has 0 aliphatic carbocycles. The summed E-state index contributed by atoms with van der Waals surface area (Å²) < 4.78 is 5.66. The topological polar surface area (TPSA) is 29.5 Å². The van der Waals surface area contributed by atoms with E-state index in [2.05, 4.69) is 4.90 Å². The number of ether oxygens (including phenoxy) is 1. The molecule has 0 aromatic heterocycles. The minimum Gasteiger partial charge on any atom is -0.491 e. The highest BCUT2D eigenvalue weighted by molar-refractivity contribution is 5.98. The summed E-state index contributed by atoms with van der Waals surface area (Å²) in [7, 11) is 3.99. The Morgan fingerprint density at radius 1 is 1.35 bits per heavy atom. The fourth-order valence-electron chi connectivity index (χ4n) is 1.52. The minimum absolute atomic E-state index is 0.133. The van der Waals surface area contributed by atoms with Gasteiger partial charge in [-0.25, -0.2) is 0 Å². The molecule has 0 fully saturated rings. The van der Waals surface area contributed by atoms with Crippen LogP contribution in [-0.2, 0) is 0 Å². The van der Waals surface area contributed by atoms with Gasteiger partial charge in [-0.2, -0.15) is 0 Å². The van der Waals surface area contributed by atoms with Crippen molar-refractivity contribution in [3.63, 3.8) is 0 Å². The Labute approximate surface area is 103 Å². The lowest BCUT2D eigenvalue weighted by atomic mass is 10.1. The van der Waals surface area contributed by atoms with E-state index < -0.39 is 0 Å². The van der Waals surface area contributed by atoms with Crippen LogP contribution in [0.2, 0.25) is 0 Å². The molecule has 1 aromatic rings. The van der Waals surface area contributed by atoms with Gasteiger partial charge in [0.15, 0.2) is 5.78 Å². The fourth-order valence-corrected chi connectivity index (χ4v) is 1.52. The summed E-state index contributed by atoms with van der Waals surface area (Å²) in [4.78, 5) is 13.8. The molecular weight excluding hydrogens is 214 g/mol. The number of rotatable bonds is 6. The molecule has 0 saturated carbocycles. The van der Waals surface area contributed by atoms with Gasteiger partial charge >= 0.3 is 0 Å². The van der Waals surface area contributed by atoms with Gasteiger partial charge in [0.2, 0.25) is 0 Å². The maximum Gasteiger partial charge on any atom is 0.166 e. The van der Waals surface area contributed by atoms with E-state index in [1.54, 1.807) is 0 Å². The molecule has 0 unspecified atom stereocenters. The van der Waals surface area contributed by atoms with Gasteiger partial charge in [0.25, 0.3) is 0 Å². The second kappa shape index (κ2) is 6.40. The van der Waals surface area contributed by atoms with E-state index in [4.69, 9.17) is 4.74 Å². The summed E-state index contributed by atoms with van der Waals surface area (Å²) in [6.45, 7) is 5.29. The fraction of sp³-hybridized carbons (Fsp3) is 0.500. The van der Waals surface area contributed by atoms with Gasteiger partial charge in [0.05, 0.1) is 5.56 Å². The first-order valence-corrected chi connectivity index (χ1v) is 5.96. The number of nitrogens with zero attached hydrogens (tertiary/aromatic N) is 1. The lowest BCUT2D eigenvalue weighted by molar-refractivity contribution is 0.0983. The van der Waals surface area contributed by atoms with Gasteiger partial charge < -0.3 is 9.64 Å². The maximum absolute atomic E-state index is 11.8. The monoisotopic (exact) mass is 235 g/mol. The Morgan fingerprint density at radius 2 is 2.06 bits per heavy atom. The molecular formula is C14H21NO2. The van der Waals surface area contributed by atoms with Crippen LogP contribution in [0.1, 0.15) is 29.3 Å². The normalized spacial score (nSPS) is 10.6. The zero-order valence-corrected chi connectivity index (χ0v) is 11.1. The maximum atomic E-state index is 11.8. The third-order valence-corrected chi connectivity index (χ3v) is 2.55. The number of likely N-dealkylation sites (N-methyl/N-ethyl adjacent to an activating group) is 1. The zero-order valence-electron chi connectivity index (χ0n) is 11.1.